The first-order valence-corrected chi connectivity index (χ1v) is 19.1. The molecule has 0 unspecified atom stereocenters. The van der Waals surface area contributed by atoms with Crippen LogP contribution in [0.1, 0.15) is 29.7 Å². The van der Waals surface area contributed by atoms with E-state index in [1.807, 2.05) is 67.6 Å². The summed E-state index contributed by atoms with van der Waals surface area (Å²) >= 11 is 8.96. The van der Waals surface area contributed by atoms with E-state index < -0.39 is 11.8 Å². The van der Waals surface area contributed by atoms with Crippen molar-refractivity contribution >= 4 is 74.6 Å². The maximum Gasteiger partial charge on any atom is 0.305 e. The minimum absolute atomic E-state index is 0.00196. The number of hydrogen-bond acceptors (Lipinski definition) is 8. The van der Waals surface area contributed by atoms with E-state index in [4.69, 9.17) is 21.1 Å². The Morgan fingerprint density at radius 2 is 1.67 bits per heavy atom. The number of thioether (sulfide) groups is 1. The lowest BCUT2D eigenvalue weighted by Gasteiger charge is -2.43. The Labute approximate surface area is 306 Å². The lowest BCUT2D eigenvalue weighted by molar-refractivity contribution is -0.123. The van der Waals surface area contributed by atoms with Gasteiger partial charge in [-0.3, -0.25) is 24.1 Å². The summed E-state index contributed by atoms with van der Waals surface area (Å²) in [5.41, 5.74) is 2.16. The van der Waals surface area contributed by atoms with Crippen LogP contribution >= 0.6 is 34.7 Å². The number of thiazole rings is 1. The summed E-state index contributed by atoms with van der Waals surface area (Å²) in [5, 5.41) is 6.44. The third kappa shape index (κ3) is 5.36. The molecule has 3 amide bonds. The van der Waals surface area contributed by atoms with Crippen molar-refractivity contribution in [2.75, 3.05) is 23.4 Å². The van der Waals surface area contributed by atoms with E-state index in [1.54, 1.807) is 36.0 Å². The molecule has 7 atom stereocenters. The molecule has 258 valence electrons. The fourth-order valence-electron chi connectivity index (χ4n) is 8.95. The van der Waals surface area contributed by atoms with Crippen molar-refractivity contribution in [3.05, 3.63) is 110 Å². The van der Waals surface area contributed by atoms with Gasteiger partial charge in [0.1, 0.15) is 0 Å². The molecule has 12 heteroatoms. The van der Waals surface area contributed by atoms with Crippen LogP contribution < -0.4 is 24.6 Å². The van der Waals surface area contributed by atoms with Crippen molar-refractivity contribution in [3.63, 3.8) is 0 Å². The van der Waals surface area contributed by atoms with Crippen LogP contribution in [-0.2, 0) is 14.4 Å². The highest BCUT2D eigenvalue weighted by atomic mass is 35.5. The molecule has 2 bridgehead atoms. The number of carbonyl (C=O) groups excluding carboxylic acids is 3. The highest BCUT2D eigenvalue weighted by molar-refractivity contribution is 8.00. The Bertz CT molecular complexity index is 2290. The van der Waals surface area contributed by atoms with Gasteiger partial charge in [0.2, 0.25) is 11.8 Å². The van der Waals surface area contributed by atoms with E-state index >= 15 is 0 Å². The Hall–Kier alpha value is -4.58. The van der Waals surface area contributed by atoms with E-state index in [9.17, 15) is 19.2 Å². The normalized spacial score (nSPS) is 25.8. The Balaban J connectivity index is 1.00. The van der Waals surface area contributed by atoms with Crippen LogP contribution in [0.15, 0.2) is 94.7 Å². The molecule has 2 aliphatic heterocycles. The predicted octanol–water partition coefficient (Wildman–Crippen LogP) is 7.34. The van der Waals surface area contributed by atoms with Crippen molar-refractivity contribution in [2.24, 2.45) is 29.6 Å². The standard InChI is InChI=1S/C39H32ClN3O6S2/c1-2-48-28-16-21(8-14-27(28)49-18-29(44)41-23-11-7-19-5-3-4-6-20(19)15-23)30-31-25-17-26(34(31)50-36-35(30)51-39(47)42-36)33-32(25)37(45)43(38(33)46)24-12-9-22(40)10-13-24/h3-16,25-26,30-34H,2,17-18H2,1H3,(H,41,44)(H,42,47)/t25-,26-,30+,31-,32+,33+,34-/m1/s1. The predicted molar refractivity (Wildman–Crippen MR) is 198 cm³/mol. The van der Waals surface area contributed by atoms with Gasteiger partial charge in [0.25, 0.3) is 5.91 Å². The number of nitrogens with zero attached hydrogens (tertiary/aromatic N) is 1. The molecule has 0 radical (unpaired) electrons. The van der Waals surface area contributed by atoms with Gasteiger partial charge in [-0.05, 0) is 96.0 Å². The van der Waals surface area contributed by atoms with Crippen molar-refractivity contribution in [3.8, 4) is 11.5 Å². The van der Waals surface area contributed by atoms with E-state index in [-0.39, 0.29) is 58.1 Å². The summed E-state index contributed by atoms with van der Waals surface area (Å²) in [6, 6.07) is 26.3. The summed E-state index contributed by atoms with van der Waals surface area (Å²) in [7, 11) is 0. The summed E-state index contributed by atoms with van der Waals surface area (Å²) in [5.74, 6) is -0.698. The molecule has 2 N–H and O–H groups in total. The number of halogens is 1. The van der Waals surface area contributed by atoms with Gasteiger partial charge >= 0.3 is 4.87 Å². The van der Waals surface area contributed by atoms with Gasteiger partial charge in [0.05, 0.1) is 29.2 Å². The lowest BCUT2D eigenvalue weighted by atomic mass is 9.68. The van der Waals surface area contributed by atoms with Gasteiger partial charge < -0.3 is 19.8 Å². The summed E-state index contributed by atoms with van der Waals surface area (Å²) in [4.78, 5) is 58.9. The largest absolute Gasteiger partial charge is 0.490 e. The number of ether oxygens (including phenoxy) is 2. The smallest absolute Gasteiger partial charge is 0.305 e. The van der Waals surface area contributed by atoms with Crippen LogP contribution in [0.5, 0.6) is 11.5 Å². The Morgan fingerprint density at radius 3 is 2.45 bits per heavy atom. The Morgan fingerprint density at radius 1 is 0.902 bits per heavy atom. The van der Waals surface area contributed by atoms with E-state index in [2.05, 4.69) is 10.3 Å². The summed E-state index contributed by atoms with van der Waals surface area (Å²) in [6.07, 6.45) is 0.783. The molecule has 2 aliphatic carbocycles. The maximum atomic E-state index is 14.1. The fraction of sp³-hybridized carbons (Fsp3) is 0.282. The quantitative estimate of drug-likeness (QED) is 0.160. The molecule has 3 fully saturated rings. The molecular formula is C39H32ClN3O6S2. The molecule has 0 spiro atoms. The number of benzene rings is 4. The van der Waals surface area contributed by atoms with E-state index in [1.165, 1.54) is 16.2 Å². The second-order valence-corrected chi connectivity index (χ2v) is 16.1. The molecule has 4 aliphatic rings. The van der Waals surface area contributed by atoms with Crippen molar-refractivity contribution in [2.45, 2.75) is 29.5 Å². The first kappa shape index (κ1) is 32.3. The molecule has 51 heavy (non-hydrogen) atoms. The van der Waals surface area contributed by atoms with Gasteiger partial charge in [-0.15, -0.1) is 11.8 Å². The number of aromatic amines is 1. The van der Waals surface area contributed by atoms with E-state index in [0.29, 0.717) is 34.5 Å². The third-order valence-electron chi connectivity index (χ3n) is 10.8. The van der Waals surface area contributed by atoms with Crippen molar-refractivity contribution in [1.29, 1.82) is 0 Å². The van der Waals surface area contributed by atoms with Crippen LogP contribution in [0, 0.1) is 29.6 Å². The molecule has 5 aromatic rings. The number of hydrogen-bond donors (Lipinski definition) is 2. The van der Waals surface area contributed by atoms with E-state index in [0.717, 1.165) is 32.7 Å². The number of H-pyrrole nitrogens is 1. The fourth-order valence-corrected chi connectivity index (χ4v) is 12.0. The second-order valence-electron chi connectivity index (χ2n) is 13.5. The first-order valence-electron chi connectivity index (χ1n) is 17.0. The molecule has 1 aromatic heterocycles. The van der Waals surface area contributed by atoms with Gasteiger partial charge in [-0.1, -0.05) is 59.3 Å². The van der Waals surface area contributed by atoms with Gasteiger partial charge in [0.15, 0.2) is 18.1 Å². The molecule has 3 heterocycles. The number of carbonyl (C=O) groups is 3. The molecule has 1 saturated heterocycles. The minimum atomic E-state index is -0.421. The summed E-state index contributed by atoms with van der Waals surface area (Å²) in [6.45, 7) is 2.05. The summed E-state index contributed by atoms with van der Waals surface area (Å²) < 4.78 is 12.1. The van der Waals surface area contributed by atoms with Crippen LogP contribution in [-0.4, -0.2) is 41.2 Å². The number of imide groups is 1. The molecule has 4 aromatic carbocycles. The van der Waals surface area contributed by atoms with Crippen LogP contribution in [0.4, 0.5) is 11.4 Å². The number of aromatic nitrogens is 1. The molecule has 2 saturated carbocycles. The number of nitrogens with one attached hydrogen (secondary N) is 2. The Kier molecular flexibility index (Phi) is 7.97. The zero-order chi connectivity index (χ0) is 35.0. The number of rotatable bonds is 8. The average molecular weight is 738 g/mol. The zero-order valence-corrected chi connectivity index (χ0v) is 29.7. The highest BCUT2D eigenvalue weighted by Crippen LogP contribution is 2.68. The highest BCUT2D eigenvalue weighted by Gasteiger charge is 2.69. The van der Waals surface area contributed by atoms with Gasteiger partial charge in [-0.2, -0.15) is 0 Å². The van der Waals surface area contributed by atoms with Crippen LogP contribution in [0.3, 0.4) is 0 Å². The molecule has 9 nitrogen and oxygen atoms in total. The van der Waals surface area contributed by atoms with Crippen molar-refractivity contribution < 1.29 is 23.9 Å². The minimum Gasteiger partial charge on any atom is -0.490 e. The topological polar surface area (TPSA) is 118 Å². The number of anilines is 2. The van der Waals surface area contributed by atoms with Crippen molar-refractivity contribution in [1.82, 2.24) is 4.98 Å². The maximum absolute atomic E-state index is 14.1. The second kappa shape index (κ2) is 12.6. The monoisotopic (exact) mass is 737 g/mol. The number of fused-ring (bicyclic) bond motifs is 10. The van der Waals surface area contributed by atoms with Crippen LogP contribution in [0.2, 0.25) is 5.02 Å². The van der Waals surface area contributed by atoms with Crippen LogP contribution in [0.25, 0.3) is 10.8 Å². The SMILES string of the molecule is CCOc1cc([C@@H]2c3sc(=O)[nH]c3S[C@@H]3[C@@H]4C[C@@H]([C@@H]5C(=O)N(c6ccc(Cl)cc6)C(=O)[C@@H]45)[C@H]23)ccc1OCC(=O)Nc1ccc2ccccc2c1. The molecule has 9 rings (SSSR count). The number of amides is 3. The van der Waals surface area contributed by atoms with Gasteiger partial charge in [0, 0.05) is 26.8 Å². The van der Waals surface area contributed by atoms with Gasteiger partial charge in [-0.25, -0.2) is 0 Å². The third-order valence-corrected chi connectivity index (χ3v) is 13.7. The average Bonchev–Trinajstić information content (AvgIpc) is 3.87. The lowest BCUT2D eigenvalue weighted by Crippen LogP contribution is -2.42. The zero-order valence-electron chi connectivity index (χ0n) is 27.3. The molecular weight excluding hydrogens is 706 g/mol. The first-order chi connectivity index (χ1) is 24.8.